The van der Waals surface area contributed by atoms with Gasteiger partial charge >= 0.3 is 0 Å². The van der Waals surface area contributed by atoms with E-state index >= 15 is 0 Å². The molecule has 4 rings (SSSR count). The standard InChI is InChI=1S/C21H15F2NO2/c1-12-17-11-14(22)7-8-15(17)16-4-2-3-5-19(16)24(12)21(26)13-6-9-20(25)18(23)10-13/h2-12,25H,1H3/t12-/m1/s1. The molecule has 1 aliphatic rings. The summed E-state index contributed by atoms with van der Waals surface area (Å²) < 4.78 is 27.5. The second-order valence-corrected chi connectivity index (χ2v) is 6.27. The number of rotatable bonds is 1. The van der Waals surface area contributed by atoms with Crippen LogP contribution in [0.2, 0.25) is 0 Å². The molecule has 130 valence electrons. The topological polar surface area (TPSA) is 40.5 Å². The van der Waals surface area contributed by atoms with Crippen molar-refractivity contribution in [3.8, 4) is 16.9 Å². The number of phenols is 1. The van der Waals surface area contributed by atoms with Gasteiger partial charge in [0.05, 0.1) is 11.7 Å². The van der Waals surface area contributed by atoms with Gasteiger partial charge in [0.2, 0.25) is 0 Å². The first-order chi connectivity index (χ1) is 12.5. The molecule has 1 heterocycles. The average Bonchev–Trinajstić information content (AvgIpc) is 2.64. The number of hydrogen-bond donors (Lipinski definition) is 1. The predicted molar refractivity (Wildman–Crippen MR) is 95.1 cm³/mol. The summed E-state index contributed by atoms with van der Waals surface area (Å²) >= 11 is 0. The van der Waals surface area contributed by atoms with Crippen molar-refractivity contribution < 1.29 is 18.7 Å². The molecule has 0 radical (unpaired) electrons. The molecule has 1 N–H and O–H groups in total. The van der Waals surface area contributed by atoms with Crippen molar-refractivity contribution in [2.24, 2.45) is 0 Å². The molecular weight excluding hydrogens is 336 g/mol. The molecule has 0 aromatic heterocycles. The van der Waals surface area contributed by atoms with Gasteiger partial charge in [-0.1, -0.05) is 24.3 Å². The minimum Gasteiger partial charge on any atom is -0.505 e. The summed E-state index contributed by atoms with van der Waals surface area (Å²) in [5.74, 6) is -2.17. The fourth-order valence-electron chi connectivity index (χ4n) is 3.45. The number of phenolic OH excluding ortho intramolecular Hbond substituents is 1. The van der Waals surface area contributed by atoms with Crippen LogP contribution in [-0.2, 0) is 0 Å². The molecule has 0 spiro atoms. The average molecular weight is 351 g/mol. The third-order valence-electron chi connectivity index (χ3n) is 4.72. The van der Waals surface area contributed by atoms with E-state index in [9.17, 15) is 18.7 Å². The van der Waals surface area contributed by atoms with E-state index in [-0.39, 0.29) is 11.4 Å². The molecular formula is C21H15F2NO2. The fourth-order valence-corrected chi connectivity index (χ4v) is 3.45. The fraction of sp³-hybridized carbons (Fsp3) is 0.0952. The van der Waals surface area contributed by atoms with E-state index in [1.54, 1.807) is 6.07 Å². The number of carbonyl (C=O) groups is 1. The van der Waals surface area contributed by atoms with Gasteiger partial charge in [-0.25, -0.2) is 8.78 Å². The molecule has 3 aromatic rings. The lowest BCUT2D eigenvalue weighted by molar-refractivity contribution is 0.0977. The zero-order valence-corrected chi connectivity index (χ0v) is 13.9. The second-order valence-electron chi connectivity index (χ2n) is 6.27. The van der Waals surface area contributed by atoms with E-state index in [0.717, 1.165) is 23.3 Å². The number of fused-ring (bicyclic) bond motifs is 3. The number of carbonyl (C=O) groups excluding carboxylic acids is 1. The highest BCUT2D eigenvalue weighted by molar-refractivity contribution is 6.10. The van der Waals surface area contributed by atoms with E-state index in [4.69, 9.17) is 0 Å². The molecule has 0 fully saturated rings. The first kappa shape index (κ1) is 16.3. The summed E-state index contributed by atoms with van der Waals surface area (Å²) in [6.45, 7) is 1.81. The highest BCUT2D eigenvalue weighted by Crippen LogP contribution is 2.45. The summed E-state index contributed by atoms with van der Waals surface area (Å²) in [7, 11) is 0. The van der Waals surface area contributed by atoms with Crippen LogP contribution < -0.4 is 4.90 Å². The number of para-hydroxylation sites is 1. The van der Waals surface area contributed by atoms with Crippen molar-refractivity contribution >= 4 is 11.6 Å². The molecule has 26 heavy (non-hydrogen) atoms. The van der Waals surface area contributed by atoms with Gasteiger partial charge in [-0.05, 0) is 54.4 Å². The molecule has 0 saturated heterocycles. The minimum atomic E-state index is -0.861. The van der Waals surface area contributed by atoms with Crippen LogP contribution >= 0.6 is 0 Å². The number of aromatic hydroxyl groups is 1. The SMILES string of the molecule is C[C@@H]1c2cc(F)ccc2-c2ccccc2N1C(=O)c1ccc(O)c(F)c1. The zero-order chi connectivity index (χ0) is 18.4. The van der Waals surface area contributed by atoms with Crippen LogP contribution in [0.25, 0.3) is 11.1 Å². The Kier molecular flexibility index (Phi) is 3.72. The molecule has 1 atom stereocenters. The minimum absolute atomic E-state index is 0.113. The van der Waals surface area contributed by atoms with Crippen molar-refractivity contribution in [2.45, 2.75) is 13.0 Å². The van der Waals surface area contributed by atoms with Gasteiger partial charge in [0.15, 0.2) is 11.6 Å². The van der Waals surface area contributed by atoms with E-state index in [1.165, 1.54) is 23.1 Å². The largest absolute Gasteiger partial charge is 0.505 e. The van der Waals surface area contributed by atoms with Crippen molar-refractivity contribution in [1.29, 1.82) is 0 Å². The molecule has 0 unspecified atom stereocenters. The van der Waals surface area contributed by atoms with Crippen LogP contribution in [-0.4, -0.2) is 11.0 Å². The number of nitrogens with zero attached hydrogens (tertiary/aromatic N) is 1. The predicted octanol–water partition coefficient (Wildman–Crippen LogP) is 5.06. The number of anilines is 1. The zero-order valence-electron chi connectivity index (χ0n) is 13.9. The summed E-state index contributed by atoms with van der Waals surface area (Å²) in [4.78, 5) is 14.6. The molecule has 0 saturated carbocycles. The van der Waals surface area contributed by atoms with Gasteiger partial charge in [0, 0.05) is 11.1 Å². The Morgan fingerprint density at radius 3 is 2.54 bits per heavy atom. The van der Waals surface area contributed by atoms with Crippen molar-refractivity contribution in [1.82, 2.24) is 0 Å². The van der Waals surface area contributed by atoms with Gasteiger partial charge < -0.3 is 10.0 Å². The summed E-state index contributed by atoms with van der Waals surface area (Å²) in [6.07, 6.45) is 0. The first-order valence-corrected chi connectivity index (χ1v) is 8.18. The first-order valence-electron chi connectivity index (χ1n) is 8.18. The highest BCUT2D eigenvalue weighted by atomic mass is 19.1. The molecule has 1 amide bonds. The van der Waals surface area contributed by atoms with Crippen LogP contribution in [0.15, 0.2) is 60.7 Å². The molecule has 0 bridgehead atoms. The van der Waals surface area contributed by atoms with Crippen LogP contribution in [0.5, 0.6) is 5.75 Å². The number of hydrogen-bond acceptors (Lipinski definition) is 2. The third-order valence-corrected chi connectivity index (χ3v) is 4.72. The maximum Gasteiger partial charge on any atom is 0.258 e. The molecule has 1 aliphatic heterocycles. The van der Waals surface area contributed by atoms with Crippen LogP contribution in [0.4, 0.5) is 14.5 Å². The number of benzene rings is 3. The Morgan fingerprint density at radius 2 is 1.77 bits per heavy atom. The smallest absolute Gasteiger partial charge is 0.258 e. The Morgan fingerprint density at radius 1 is 1.00 bits per heavy atom. The monoisotopic (exact) mass is 351 g/mol. The lowest BCUT2D eigenvalue weighted by atomic mass is 9.88. The van der Waals surface area contributed by atoms with Crippen molar-refractivity contribution in [2.75, 3.05) is 4.90 Å². The lowest BCUT2D eigenvalue weighted by Crippen LogP contribution is -2.36. The van der Waals surface area contributed by atoms with E-state index in [1.807, 2.05) is 31.2 Å². The van der Waals surface area contributed by atoms with Gasteiger partial charge in [-0.3, -0.25) is 4.79 Å². The highest BCUT2D eigenvalue weighted by Gasteiger charge is 2.33. The number of halogens is 2. The van der Waals surface area contributed by atoms with Gasteiger partial charge in [0.1, 0.15) is 5.82 Å². The van der Waals surface area contributed by atoms with Crippen LogP contribution in [0.1, 0.15) is 28.9 Å². The van der Waals surface area contributed by atoms with Gasteiger partial charge in [-0.15, -0.1) is 0 Å². The van der Waals surface area contributed by atoms with Crippen LogP contribution in [0, 0.1) is 11.6 Å². The van der Waals surface area contributed by atoms with E-state index in [2.05, 4.69) is 0 Å². The Hall–Kier alpha value is -3.21. The molecule has 0 aliphatic carbocycles. The number of amides is 1. The quantitative estimate of drug-likeness (QED) is 0.666. The molecule has 3 aromatic carbocycles. The molecule has 3 nitrogen and oxygen atoms in total. The van der Waals surface area contributed by atoms with E-state index < -0.39 is 23.5 Å². The van der Waals surface area contributed by atoms with Crippen molar-refractivity contribution in [3.63, 3.8) is 0 Å². The van der Waals surface area contributed by atoms with E-state index in [0.29, 0.717) is 11.3 Å². The maximum atomic E-state index is 13.8. The lowest BCUT2D eigenvalue weighted by Gasteiger charge is -2.37. The van der Waals surface area contributed by atoms with Crippen molar-refractivity contribution in [3.05, 3.63) is 83.4 Å². The Labute approximate surface area is 149 Å². The Balaban J connectivity index is 1.88. The maximum absolute atomic E-state index is 13.8. The van der Waals surface area contributed by atoms with Crippen LogP contribution in [0.3, 0.4) is 0 Å². The summed E-state index contributed by atoms with van der Waals surface area (Å²) in [5.41, 5.74) is 3.17. The Bertz CT molecular complexity index is 1030. The van der Waals surface area contributed by atoms with Gasteiger partial charge in [0.25, 0.3) is 5.91 Å². The second kappa shape index (κ2) is 5.95. The van der Waals surface area contributed by atoms with Gasteiger partial charge in [-0.2, -0.15) is 0 Å². The normalized spacial score (nSPS) is 15.3. The summed E-state index contributed by atoms with van der Waals surface area (Å²) in [6, 6.07) is 15.0. The molecule has 5 heteroatoms. The third kappa shape index (κ3) is 2.44. The summed E-state index contributed by atoms with van der Waals surface area (Å²) in [5, 5.41) is 9.36.